The summed E-state index contributed by atoms with van der Waals surface area (Å²) in [5, 5.41) is 0. The third-order valence-electron chi connectivity index (χ3n) is 5.32. The molecule has 0 radical (unpaired) electrons. The van der Waals surface area contributed by atoms with Gasteiger partial charge in [0.25, 0.3) is 11.8 Å². The number of imide groups is 1. The smallest absolute Gasteiger partial charge is 0.309 e. The first-order chi connectivity index (χ1) is 15.8. The van der Waals surface area contributed by atoms with E-state index in [1.165, 1.54) is 16.7 Å². The summed E-state index contributed by atoms with van der Waals surface area (Å²) < 4.78 is 25.0. The van der Waals surface area contributed by atoms with Crippen LogP contribution in [0.4, 0.5) is 0 Å². The molecule has 9 heteroatoms. The van der Waals surface area contributed by atoms with Crippen LogP contribution in [0, 0.1) is 6.92 Å². The Labute approximate surface area is 204 Å². The van der Waals surface area contributed by atoms with Gasteiger partial charge in [0.15, 0.2) is 0 Å². The molecular weight excluding hydrogens is 477 g/mol. The maximum absolute atomic E-state index is 13.8. The van der Waals surface area contributed by atoms with Gasteiger partial charge >= 0.3 is 7.60 Å². The molecule has 2 aromatic rings. The van der Waals surface area contributed by atoms with Crippen LogP contribution in [0.2, 0.25) is 0 Å². The minimum absolute atomic E-state index is 0.0910. The molecule has 2 amide bonds. The summed E-state index contributed by atoms with van der Waals surface area (Å²) in [7, 11) is -3.60. The molecular formula is C24H30NO5PS2. The molecule has 6 nitrogen and oxygen atoms in total. The number of fused-ring (bicyclic) bond motifs is 1. The van der Waals surface area contributed by atoms with Gasteiger partial charge in [0.05, 0.1) is 30.5 Å². The lowest BCUT2D eigenvalue weighted by molar-refractivity contribution is 0.0560. The fourth-order valence-corrected chi connectivity index (χ4v) is 8.39. The van der Waals surface area contributed by atoms with E-state index in [-0.39, 0.29) is 31.2 Å². The van der Waals surface area contributed by atoms with E-state index in [9.17, 15) is 14.2 Å². The monoisotopic (exact) mass is 507 g/mol. The molecule has 0 saturated heterocycles. The molecule has 0 saturated carbocycles. The van der Waals surface area contributed by atoms with Crippen LogP contribution in [-0.4, -0.2) is 53.0 Å². The SMILES string of the molecule is CCOP(=O)(CC(CCSC)(Sc1ccc(C)cc1)N1C(=O)c2ccccc2C1=O)OCC. The van der Waals surface area contributed by atoms with E-state index in [4.69, 9.17) is 9.05 Å². The molecule has 178 valence electrons. The van der Waals surface area contributed by atoms with Crippen molar-refractivity contribution in [3.8, 4) is 0 Å². The van der Waals surface area contributed by atoms with Crippen LogP contribution in [0.1, 0.15) is 46.5 Å². The van der Waals surface area contributed by atoms with Gasteiger partial charge in [-0.15, -0.1) is 0 Å². The number of benzene rings is 2. The van der Waals surface area contributed by atoms with Crippen molar-refractivity contribution in [1.29, 1.82) is 0 Å². The van der Waals surface area contributed by atoms with Crippen molar-refractivity contribution in [1.82, 2.24) is 4.90 Å². The Kier molecular flexibility index (Phi) is 8.87. The van der Waals surface area contributed by atoms with E-state index in [1.807, 2.05) is 37.4 Å². The first kappa shape index (κ1) is 26.0. The number of rotatable bonds is 12. The Hall–Kier alpha value is -1.57. The molecule has 0 fully saturated rings. The molecule has 3 rings (SSSR count). The highest BCUT2D eigenvalue weighted by Gasteiger charge is 2.53. The van der Waals surface area contributed by atoms with Gasteiger partial charge in [-0.25, -0.2) is 0 Å². The number of carbonyl (C=O) groups excluding carboxylic acids is 2. The van der Waals surface area contributed by atoms with Crippen molar-refractivity contribution in [2.45, 2.75) is 37.0 Å². The van der Waals surface area contributed by atoms with Gasteiger partial charge in [-0.05, 0) is 63.5 Å². The maximum atomic E-state index is 13.8. The third-order valence-corrected chi connectivity index (χ3v) is 9.78. The summed E-state index contributed by atoms with van der Waals surface area (Å²) in [4.78, 5) is 28.2. The fourth-order valence-electron chi connectivity index (χ4n) is 3.86. The van der Waals surface area contributed by atoms with Crippen molar-refractivity contribution < 1.29 is 23.2 Å². The standard InChI is InChI=1S/C24H30NO5PS2/c1-5-29-31(28,30-6-2)17-24(15-16-32-4,33-19-13-11-18(3)12-14-19)25-22(26)20-9-7-8-10-21(20)23(25)27/h7-14H,5-6,15-17H2,1-4H3. The Morgan fingerprint density at radius 2 is 1.48 bits per heavy atom. The van der Waals surface area contributed by atoms with Gasteiger partial charge in [-0.2, -0.15) is 11.8 Å². The van der Waals surface area contributed by atoms with Gasteiger partial charge in [-0.3, -0.25) is 19.1 Å². The molecule has 1 aliphatic rings. The molecule has 1 aliphatic heterocycles. The summed E-state index contributed by atoms with van der Waals surface area (Å²) in [5.41, 5.74) is 1.83. The zero-order valence-electron chi connectivity index (χ0n) is 19.4. The Bertz CT molecular complexity index is 1000. The molecule has 2 aromatic carbocycles. The summed E-state index contributed by atoms with van der Waals surface area (Å²) >= 11 is 2.98. The number of nitrogens with zero attached hydrogens (tertiary/aromatic N) is 1. The highest BCUT2D eigenvalue weighted by molar-refractivity contribution is 8.01. The molecule has 1 heterocycles. The van der Waals surface area contributed by atoms with Crippen molar-refractivity contribution >= 4 is 42.9 Å². The predicted molar refractivity (Wildman–Crippen MR) is 135 cm³/mol. The average molecular weight is 508 g/mol. The van der Waals surface area contributed by atoms with Gasteiger partial charge < -0.3 is 9.05 Å². The second-order valence-electron chi connectivity index (χ2n) is 7.70. The van der Waals surface area contributed by atoms with E-state index in [1.54, 1.807) is 49.9 Å². The summed E-state index contributed by atoms with van der Waals surface area (Å²) in [6.07, 6.45) is 2.31. The zero-order chi connectivity index (χ0) is 24.1. The maximum Gasteiger partial charge on any atom is 0.333 e. The molecule has 0 aliphatic carbocycles. The largest absolute Gasteiger partial charge is 0.333 e. The van der Waals surface area contributed by atoms with E-state index in [2.05, 4.69) is 0 Å². The Balaban J connectivity index is 2.15. The van der Waals surface area contributed by atoms with Crippen LogP contribution in [-0.2, 0) is 13.6 Å². The topological polar surface area (TPSA) is 72.9 Å². The second kappa shape index (κ2) is 11.2. The van der Waals surface area contributed by atoms with E-state index >= 15 is 0 Å². The van der Waals surface area contributed by atoms with Crippen LogP contribution in [0.3, 0.4) is 0 Å². The van der Waals surface area contributed by atoms with E-state index < -0.39 is 12.5 Å². The van der Waals surface area contributed by atoms with Crippen LogP contribution in [0.15, 0.2) is 53.4 Å². The molecule has 0 aromatic heterocycles. The van der Waals surface area contributed by atoms with Crippen LogP contribution < -0.4 is 0 Å². The normalized spacial score (nSPS) is 15.6. The van der Waals surface area contributed by atoms with Crippen molar-refractivity contribution in [2.75, 3.05) is 31.4 Å². The number of aryl methyl sites for hydroxylation is 1. The van der Waals surface area contributed by atoms with E-state index in [0.29, 0.717) is 23.3 Å². The van der Waals surface area contributed by atoms with Crippen molar-refractivity contribution in [3.63, 3.8) is 0 Å². The minimum atomic E-state index is -3.60. The van der Waals surface area contributed by atoms with Crippen LogP contribution >= 0.6 is 31.1 Å². The summed E-state index contributed by atoms with van der Waals surface area (Å²) in [6, 6.07) is 14.7. The van der Waals surface area contributed by atoms with Gasteiger partial charge in [0, 0.05) is 4.90 Å². The van der Waals surface area contributed by atoms with E-state index in [0.717, 1.165) is 10.5 Å². The predicted octanol–water partition coefficient (Wildman–Crippen LogP) is 6.10. The average Bonchev–Trinajstić information content (AvgIpc) is 3.05. The first-order valence-corrected chi connectivity index (χ1v) is 14.8. The van der Waals surface area contributed by atoms with Gasteiger partial charge in [-0.1, -0.05) is 41.6 Å². The second-order valence-corrected chi connectivity index (χ2v) is 12.2. The highest BCUT2D eigenvalue weighted by atomic mass is 32.2. The number of hydrogen-bond donors (Lipinski definition) is 0. The fraction of sp³-hybridized carbons (Fsp3) is 0.417. The molecule has 1 unspecified atom stereocenters. The molecule has 0 spiro atoms. The van der Waals surface area contributed by atoms with Crippen LogP contribution in [0.5, 0.6) is 0 Å². The number of thioether (sulfide) groups is 2. The molecule has 33 heavy (non-hydrogen) atoms. The quantitative estimate of drug-likeness (QED) is 0.195. The number of carbonyl (C=O) groups is 2. The lowest BCUT2D eigenvalue weighted by Gasteiger charge is -2.41. The van der Waals surface area contributed by atoms with Crippen LogP contribution in [0.25, 0.3) is 0 Å². The van der Waals surface area contributed by atoms with Gasteiger partial charge in [0.2, 0.25) is 0 Å². The number of hydrogen-bond acceptors (Lipinski definition) is 7. The molecule has 0 N–H and O–H groups in total. The Morgan fingerprint density at radius 3 is 1.97 bits per heavy atom. The van der Waals surface area contributed by atoms with Crippen molar-refractivity contribution in [2.24, 2.45) is 0 Å². The highest BCUT2D eigenvalue weighted by Crippen LogP contribution is 2.57. The molecule has 1 atom stereocenters. The third kappa shape index (κ3) is 5.75. The lowest BCUT2D eigenvalue weighted by Crippen LogP contribution is -2.52. The van der Waals surface area contributed by atoms with Crippen molar-refractivity contribution in [3.05, 3.63) is 65.2 Å². The molecule has 0 bridgehead atoms. The summed E-state index contributed by atoms with van der Waals surface area (Å²) in [6.45, 7) is 5.91. The number of amides is 2. The Morgan fingerprint density at radius 1 is 0.939 bits per heavy atom. The lowest BCUT2D eigenvalue weighted by atomic mass is 10.1. The van der Waals surface area contributed by atoms with Gasteiger partial charge in [0.1, 0.15) is 4.87 Å². The first-order valence-electron chi connectivity index (χ1n) is 10.9. The minimum Gasteiger partial charge on any atom is -0.309 e. The summed E-state index contributed by atoms with van der Waals surface area (Å²) in [5.74, 6) is -0.100. The zero-order valence-corrected chi connectivity index (χ0v) is 21.9.